The van der Waals surface area contributed by atoms with E-state index in [-0.39, 0.29) is 5.92 Å². The molecule has 0 unspecified atom stereocenters. The van der Waals surface area contributed by atoms with Crippen molar-refractivity contribution >= 4 is 5.78 Å². The van der Waals surface area contributed by atoms with E-state index in [1.807, 2.05) is 13.8 Å². The van der Waals surface area contributed by atoms with Crippen molar-refractivity contribution in [2.75, 3.05) is 13.2 Å². The van der Waals surface area contributed by atoms with E-state index in [1.54, 1.807) is 0 Å². The lowest BCUT2D eigenvalue weighted by atomic mass is 10.1. The second-order valence-electron chi connectivity index (χ2n) is 5.46. The molecular weight excluding hydrogens is 224 g/mol. The molecule has 0 N–H and O–H groups in total. The predicted octanol–water partition coefficient (Wildman–Crippen LogP) is 4.76. The molecule has 0 saturated heterocycles. The van der Waals surface area contributed by atoms with Crippen LogP contribution in [-0.2, 0) is 9.53 Å². The molecule has 108 valence electrons. The van der Waals surface area contributed by atoms with Crippen LogP contribution in [0.1, 0.15) is 78.6 Å². The van der Waals surface area contributed by atoms with E-state index in [0.29, 0.717) is 12.2 Å². The molecule has 2 heteroatoms. The van der Waals surface area contributed by atoms with Crippen molar-refractivity contribution in [2.24, 2.45) is 5.92 Å². The molecule has 0 spiro atoms. The Bertz CT molecular complexity index is 188. The van der Waals surface area contributed by atoms with Gasteiger partial charge in [0.1, 0.15) is 5.78 Å². The first-order chi connectivity index (χ1) is 8.68. The molecule has 0 fully saturated rings. The Morgan fingerprint density at radius 3 is 2.06 bits per heavy atom. The van der Waals surface area contributed by atoms with Crippen LogP contribution in [-0.4, -0.2) is 19.0 Å². The maximum atomic E-state index is 11.3. The van der Waals surface area contributed by atoms with E-state index < -0.39 is 0 Å². The standard InChI is InChI=1S/C16H32O2/c1-4-5-6-7-8-9-10-13-18-14-11-12-16(17)15(2)3/h15H,4-14H2,1-3H3. The molecular formula is C16H32O2. The average molecular weight is 256 g/mol. The highest BCUT2D eigenvalue weighted by molar-refractivity contribution is 5.80. The fourth-order valence-electron chi connectivity index (χ4n) is 1.90. The Balaban J connectivity index is 3.05. The van der Waals surface area contributed by atoms with Crippen molar-refractivity contribution in [3.8, 4) is 0 Å². The number of ether oxygens (including phenoxy) is 1. The molecule has 0 aliphatic carbocycles. The second kappa shape index (κ2) is 13.1. The van der Waals surface area contributed by atoms with Gasteiger partial charge in [0.15, 0.2) is 0 Å². The Kier molecular flexibility index (Phi) is 12.8. The number of ketones is 1. The van der Waals surface area contributed by atoms with Crippen LogP contribution < -0.4 is 0 Å². The largest absolute Gasteiger partial charge is 0.381 e. The molecule has 0 aromatic carbocycles. The molecule has 0 bridgehead atoms. The summed E-state index contributed by atoms with van der Waals surface area (Å²) in [6, 6.07) is 0. The Morgan fingerprint density at radius 2 is 1.44 bits per heavy atom. The number of hydrogen-bond donors (Lipinski definition) is 0. The highest BCUT2D eigenvalue weighted by Crippen LogP contribution is 2.07. The van der Waals surface area contributed by atoms with Crippen molar-refractivity contribution in [1.82, 2.24) is 0 Å². The highest BCUT2D eigenvalue weighted by Gasteiger charge is 2.05. The topological polar surface area (TPSA) is 26.3 Å². The summed E-state index contributed by atoms with van der Waals surface area (Å²) >= 11 is 0. The minimum atomic E-state index is 0.174. The molecule has 0 radical (unpaired) electrons. The third-order valence-electron chi connectivity index (χ3n) is 3.25. The van der Waals surface area contributed by atoms with Crippen LogP contribution in [0.15, 0.2) is 0 Å². The summed E-state index contributed by atoms with van der Waals surface area (Å²) < 4.78 is 5.54. The average Bonchev–Trinajstić information content (AvgIpc) is 2.35. The Hall–Kier alpha value is -0.370. The third kappa shape index (κ3) is 12.1. The zero-order valence-electron chi connectivity index (χ0n) is 12.7. The number of rotatable bonds is 13. The van der Waals surface area contributed by atoms with Gasteiger partial charge in [-0.1, -0.05) is 59.3 Å². The SMILES string of the molecule is CCCCCCCCCOCCCC(=O)C(C)C. The maximum Gasteiger partial charge on any atom is 0.135 e. The number of carbonyl (C=O) groups excluding carboxylic acids is 1. The lowest BCUT2D eigenvalue weighted by molar-refractivity contribution is -0.122. The van der Waals surface area contributed by atoms with E-state index in [1.165, 1.54) is 44.9 Å². The van der Waals surface area contributed by atoms with E-state index in [2.05, 4.69) is 6.92 Å². The van der Waals surface area contributed by atoms with Crippen LogP contribution in [0.4, 0.5) is 0 Å². The smallest absolute Gasteiger partial charge is 0.135 e. The van der Waals surface area contributed by atoms with Gasteiger partial charge in [0, 0.05) is 25.6 Å². The quantitative estimate of drug-likeness (QED) is 0.444. The fourth-order valence-corrected chi connectivity index (χ4v) is 1.90. The third-order valence-corrected chi connectivity index (χ3v) is 3.25. The summed E-state index contributed by atoms with van der Waals surface area (Å²) in [7, 11) is 0. The molecule has 0 aromatic heterocycles. The van der Waals surface area contributed by atoms with Crippen LogP contribution in [0.3, 0.4) is 0 Å². The monoisotopic (exact) mass is 256 g/mol. The first-order valence-corrected chi connectivity index (χ1v) is 7.79. The Labute approximate surface area is 113 Å². The van der Waals surface area contributed by atoms with Crippen LogP contribution in [0.2, 0.25) is 0 Å². The minimum Gasteiger partial charge on any atom is -0.381 e. The molecule has 18 heavy (non-hydrogen) atoms. The number of unbranched alkanes of at least 4 members (excludes halogenated alkanes) is 6. The molecule has 0 rings (SSSR count). The van der Waals surface area contributed by atoms with Gasteiger partial charge in [-0.2, -0.15) is 0 Å². The second-order valence-corrected chi connectivity index (χ2v) is 5.46. The summed E-state index contributed by atoms with van der Waals surface area (Å²) in [6.07, 6.45) is 10.8. The van der Waals surface area contributed by atoms with Crippen LogP contribution in [0, 0.1) is 5.92 Å². The predicted molar refractivity (Wildman–Crippen MR) is 77.9 cm³/mol. The van der Waals surface area contributed by atoms with E-state index in [4.69, 9.17) is 4.74 Å². The van der Waals surface area contributed by atoms with Gasteiger partial charge in [0.05, 0.1) is 0 Å². The molecule has 0 aliphatic rings. The van der Waals surface area contributed by atoms with Gasteiger partial charge >= 0.3 is 0 Å². The van der Waals surface area contributed by atoms with Crippen LogP contribution in [0.5, 0.6) is 0 Å². The lowest BCUT2D eigenvalue weighted by Gasteiger charge is -2.05. The number of hydrogen-bond acceptors (Lipinski definition) is 2. The van der Waals surface area contributed by atoms with Crippen molar-refractivity contribution in [3.05, 3.63) is 0 Å². The van der Waals surface area contributed by atoms with Crippen molar-refractivity contribution in [2.45, 2.75) is 78.6 Å². The van der Waals surface area contributed by atoms with Gasteiger partial charge in [-0.15, -0.1) is 0 Å². The molecule has 0 saturated carbocycles. The van der Waals surface area contributed by atoms with Crippen LogP contribution >= 0.6 is 0 Å². The highest BCUT2D eigenvalue weighted by atomic mass is 16.5. The van der Waals surface area contributed by atoms with E-state index >= 15 is 0 Å². The zero-order chi connectivity index (χ0) is 13.6. The summed E-state index contributed by atoms with van der Waals surface area (Å²) in [5.74, 6) is 0.530. The summed E-state index contributed by atoms with van der Waals surface area (Å²) in [5, 5.41) is 0. The van der Waals surface area contributed by atoms with Gasteiger partial charge in [0.25, 0.3) is 0 Å². The molecule has 0 aliphatic heterocycles. The first kappa shape index (κ1) is 17.6. The van der Waals surface area contributed by atoms with Gasteiger partial charge in [-0.25, -0.2) is 0 Å². The van der Waals surface area contributed by atoms with Crippen molar-refractivity contribution in [1.29, 1.82) is 0 Å². The van der Waals surface area contributed by atoms with Crippen LogP contribution in [0.25, 0.3) is 0 Å². The van der Waals surface area contributed by atoms with Gasteiger partial charge < -0.3 is 4.74 Å². The van der Waals surface area contributed by atoms with E-state index in [9.17, 15) is 4.79 Å². The normalized spacial score (nSPS) is 11.1. The summed E-state index contributed by atoms with van der Waals surface area (Å²) in [6.45, 7) is 7.78. The minimum absolute atomic E-state index is 0.174. The molecule has 2 nitrogen and oxygen atoms in total. The molecule has 0 amide bonds. The van der Waals surface area contributed by atoms with Gasteiger partial charge in [-0.05, 0) is 12.8 Å². The summed E-state index contributed by atoms with van der Waals surface area (Å²) in [4.78, 5) is 11.3. The Morgan fingerprint density at radius 1 is 0.889 bits per heavy atom. The summed E-state index contributed by atoms with van der Waals surface area (Å²) in [5.41, 5.74) is 0. The van der Waals surface area contributed by atoms with Gasteiger partial charge in [0.2, 0.25) is 0 Å². The van der Waals surface area contributed by atoms with Crippen molar-refractivity contribution < 1.29 is 9.53 Å². The maximum absolute atomic E-state index is 11.3. The van der Waals surface area contributed by atoms with Gasteiger partial charge in [-0.3, -0.25) is 4.79 Å². The lowest BCUT2D eigenvalue weighted by Crippen LogP contribution is -2.08. The molecule has 0 heterocycles. The fraction of sp³-hybridized carbons (Fsp3) is 0.938. The molecule has 0 atom stereocenters. The molecule has 0 aromatic rings. The van der Waals surface area contributed by atoms with Crippen molar-refractivity contribution in [3.63, 3.8) is 0 Å². The zero-order valence-corrected chi connectivity index (χ0v) is 12.7. The number of carbonyl (C=O) groups is 1. The first-order valence-electron chi connectivity index (χ1n) is 7.79. The number of Topliss-reactive ketones (excluding diaryl/α,β-unsaturated/α-hetero) is 1. The van der Waals surface area contributed by atoms with E-state index in [0.717, 1.165) is 19.6 Å².